The minimum absolute atomic E-state index is 0.0477. The number of piperidine rings is 1. The van der Waals surface area contributed by atoms with E-state index in [0.29, 0.717) is 19.5 Å². The highest BCUT2D eigenvalue weighted by atomic mass is 19.4. The number of alkyl halides is 3. The Bertz CT molecular complexity index is 1940. The van der Waals surface area contributed by atoms with Crippen LogP contribution in [0.5, 0.6) is 11.5 Å². The number of carbonyl (C=O) groups excluding carboxylic acids is 1. The number of rotatable bonds is 13. The fourth-order valence-electron chi connectivity index (χ4n) is 6.54. The van der Waals surface area contributed by atoms with Crippen molar-refractivity contribution < 1.29 is 40.6 Å². The van der Waals surface area contributed by atoms with Crippen LogP contribution in [0, 0.1) is 11.6 Å². The van der Waals surface area contributed by atoms with E-state index in [0.717, 1.165) is 72.9 Å². The Morgan fingerprint density at radius 2 is 1.84 bits per heavy atom. The summed E-state index contributed by atoms with van der Waals surface area (Å²) in [5.41, 5.74) is 1.72. The zero-order valence-corrected chi connectivity index (χ0v) is 28.1. The number of methoxy groups -OCH3 is 1. The SMILES string of the molecule is COc1ccc(OC(F)(F)F)c(C(=O)N(C)CC(CCN2CCC(Nc3nc4ccccc4n3Cc3ccco3)CC2)c2ccc(F)cc2F)c1. The second-order valence-electron chi connectivity index (χ2n) is 12.6. The number of anilines is 1. The summed E-state index contributed by atoms with van der Waals surface area (Å²) < 4.78 is 85.4. The summed E-state index contributed by atoms with van der Waals surface area (Å²) in [5.74, 6) is -1.81. The van der Waals surface area contributed by atoms with Gasteiger partial charge in [-0.25, -0.2) is 13.8 Å². The third-order valence-electron chi connectivity index (χ3n) is 9.15. The molecule has 270 valence electrons. The molecule has 0 radical (unpaired) electrons. The third-order valence-corrected chi connectivity index (χ3v) is 9.15. The van der Waals surface area contributed by atoms with Gasteiger partial charge in [0.1, 0.15) is 28.9 Å². The molecule has 9 nitrogen and oxygen atoms in total. The molecule has 0 saturated carbocycles. The lowest BCUT2D eigenvalue weighted by Crippen LogP contribution is -2.41. The molecule has 3 heterocycles. The monoisotopic (exact) mass is 711 g/mol. The van der Waals surface area contributed by atoms with E-state index in [1.807, 2.05) is 36.4 Å². The maximum atomic E-state index is 15.1. The van der Waals surface area contributed by atoms with Crippen LogP contribution in [0.2, 0.25) is 0 Å². The minimum atomic E-state index is -5.03. The number of carbonyl (C=O) groups is 1. The van der Waals surface area contributed by atoms with Crippen molar-refractivity contribution in [2.75, 3.05) is 45.7 Å². The summed E-state index contributed by atoms with van der Waals surface area (Å²) in [6.07, 6.45) is -1.35. The summed E-state index contributed by atoms with van der Waals surface area (Å²) in [6, 6.07) is 18.6. The molecule has 1 aliphatic rings. The summed E-state index contributed by atoms with van der Waals surface area (Å²) in [4.78, 5) is 21.8. The molecule has 2 aromatic heterocycles. The molecule has 1 atom stereocenters. The molecular formula is C37H38F5N5O4. The van der Waals surface area contributed by atoms with Crippen LogP contribution >= 0.6 is 0 Å². The summed E-state index contributed by atoms with van der Waals surface area (Å²) >= 11 is 0. The number of amides is 1. The highest BCUT2D eigenvalue weighted by molar-refractivity contribution is 5.97. The van der Waals surface area contributed by atoms with E-state index in [2.05, 4.69) is 19.5 Å². The number of ether oxygens (including phenoxy) is 2. The largest absolute Gasteiger partial charge is 0.573 e. The molecule has 1 aliphatic heterocycles. The van der Waals surface area contributed by atoms with Crippen molar-refractivity contribution in [2.24, 2.45) is 0 Å². The number of para-hydroxylation sites is 2. The lowest BCUT2D eigenvalue weighted by Gasteiger charge is -2.34. The highest BCUT2D eigenvalue weighted by Gasteiger charge is 2.34. The lowest BCUT2D eigenvalue weighted by molar-refractivity contribution is -0.274. The van der Waals surface area contributed by atoms with Gasteiger partial charge in [0, 0.05) is 44.7 Å². The Labute approximate surface area is 291 Å². The van der Waals surface area contributed by atoms with Crippen molar-refractivity contribution >= 4 is 22.9 Å². The molecule has 14 heteroatoms. The molecule has 0 bridgehead atoms. The van der Waals surface area contributed by atoms with Gasteiger partial charge < -0.3 is 33.6 Å². The number of nitrogens with one attached hydrogen (secondary N) is 1. The molecule has 1 fully saturated rings. The third kappa shape index (κ3) is 8.80. The van der Waals surface area contributed by atoms with E-state index >= 15 is 4.39 Å². The first-order valence-electron chi connectivity index (χ1n) is 16.6. The number of hydrogen-bond acceptors (Lipinski definition) is 7. The van der Waals surface area contributed by atoms with Gasteiger partial charge in [0.15, 0.2) is 0 Å². The number of fused-ring (bicyclic) bond motifs is 1. The maximum absolute atomic E-state index is 15.1. The Kier molecular flexibility index (Phi) is 10.8. The topological polar surface area (TPSA) is 85.0 Å². The van der Waals surface area contributed by atoms with Crippen LogP contribution in [0.1, 0.15) is 46.9 Å². The predicted molar refractivity (Wildman–Crippen MR) is 181 cm³/mol. The predicted octanol–water partition coefficient (Wildman–Crippen LogP) is 7.69. The average molecular weight is 712 g/mol. The standard InChI is InChI=1S/C37H38F5N5O4/c1-45(35(48)30-21-27(49-2)10-12-34(30)51-37(40,41)42)22-24(29-11-9-25(38)20-31(29)39)13-16-46-17-14-26(15-18-46)43-36-44-32-7-3-4-8-33(32)47(36)23-28-6-5-19-50-28/h3-12,19-21,24,26H,13-18,22-23H2,1-2H3,(H,43,44). The van der Waals surface area contributed by atoms with Crippen molar-refractivity contribution in [3.63, 3.8) is 0 Å². The van der Waals surface area contributed by atoms with Gasteiger partial charge in [0.2, 0.25) is 5.95 Å². The maximum Gasteiger partial charge on any atom is 0.573 e. The van der Waals surface area contributed by atoms with Crippen LogP contribution in [0.3, 0.4) is 0 Å². The van der Waals surface area contributed by atoms with Crippen LogP contribution in [0.25, 0.3) is 11.0 Å². The zero-order valence-electron chi connectivity index (χ0n) is 28.1. The van der Waals surface area contributed by atoms with Gasteiger partial charge in [-0.15, -0.1) is 13.2 Å². The fraction of sp³-hybridized carbons (Fsp3) is 0.351. The number of furan rings is 1. The van der Waals surface area contributed by atoms with Crippen LogP contribution in [0.4, 0.5) is 27.9 Å². The molecule has 0 aliphatic carbocycles. The van der Waals surface area contributed by atoms with E-state index in [9.17, 15) is 22.4 Å². The van der Waals surface area contributed by atoms with Gasteiger partial charge in [-0.2, -0.15) is 0 Å². The molecule has 51 heavy (non-hydrogen) atoms. The number of hydrogen-bond donors (Lipinski definition) is 1. The first-order valence-corrected chi connectivity index (χ1v) is 16.6. The van der Waals surface area contributed by atoms with Gasteiger partial charge >= 0.3 is 6.36 Å². The summed E-state index contributed by atoms with van der Waals surface area (Å²) in [5, 5.41) is 3.62. The van der Waals surface area contributed by atoms with Crippen molar-refractivity contribution in [2.45, 2.75) is 44.1 Å². The lowest BCUT2D eigenvalue weighted by atomic mass is 9.93. The molecular weight excluding hydrogens is 673 g/mol. The molecule has 1 unspecified atom stereocenters. The zero-order chi connectivity index (χ0) is 36.1. The van der Waals surface area contributed by atoms with E-state index in [1.165, 1.54) is 31.2 Å². The van der Waals surface area contributed by atoms with E-state index in [4.69, 9.17) is 14.1 Å². The van der Waals surface area contributed by atoms with Crippen molar-refractivity contribution in [1.82, 2.24) is 19.4 Å². The number of halogens is 5. The second kappa shape index (κ2) is 15.4. The number of imidazole rings is 1. The minimum Gasteiger partial charge on any atom is -0.497 e. The van der Waals surface area contributed by atoms with Crippen LogP contribution in [-0.2, 0) is 6.54 Å². The molecule has 1 N–H and O–H groups in total. The Morgan fingerprint density at radius 3 is 2.55 bits per heavy atom. The summed E-state index contributed by atoms with van der Waals surface area (Å²) in [7, 11) is 2.74. The molecule has 3 aromatic carbocycles. The van der Waals surface area contributed by atoms with Crippen LogP contribution in [-0.4, -0.2) is 78.0 Å². The van der Waals surface area contributed by atoms with Gasteiger partial charge in [0.05, 0.1) is 36.5 Å². The Hall–Kier alpha value is -5.11. The molecule has 0 spiro atoms. The van der Waals surface area contributed by atoms with Gasteiger partial charge in [0.25, 0.3) is 5.91 Å². The average Bonchev–Trinajstić information content (AvgIpc) is 3.74. The van der Waals surface area contributed by atoms with Crippen LogP contribution in [0.15, 0.2) is 83.5 Å². The first-order chi connectivity index (χ1) is 24.5. The number of aromatic nitrogens is 2. The quantitative estimate of drug-likeness (QED) is 0.126. The molecule has 5 aromatic rings. The summed E-state index contributed by atoms with van der Waals surface area (Å²) in [6.45, 7) is 2.51. The number of likely N-dealkylation sites (tertiary alicyclic amines) is 1. The van der Waals surface area contributed by atoms with Crippen molar-refractivity contribution in [3.05, 3.63) is 108 Å². The van der Waals surface area contributed by atoms with E-state index in [-0.39, 0.29) is 29.5 Å². The van der Waals surface area contributed by atoms with Crippen molar-refractivity contribution in [3.8, 4) is 11.5 Å². The fourth-order valence-corrected chi connectivity index (χ4v) is 6.54. The van der Waals surface area contributed by atoms with Gasteiger partial charge in [-0.1, -0.05) is 18.2 Å². The smallest absolute Gasteiger partial charge is 0.497 e. The first kappa shape index (κ1) is 35.7. The van der Waals surface area contributed by atoms with E-state index in [1.54, 1.807) is 6.26 Å². The Morgan fingerprint density at radius 1 is 1.06 bits per heavy atom. The van der Waals surface area contributed by atoms with Gasteiger partial charge in [-0.05, 0) is 79.9 Å². The highest BCUT2D eigenvalue weighted by Crippen LogP contribution is 2.32. The number of likely N-dealkylation sites (N-methyl/N-ethyl adjacent to an activating group) is 1. The van der Waals surface area contributed by atoms with E-state index < -0.39 is 35.6 Å². The second-order valence-corrected chi connectivity index (χ2v) is 12.6. The Balaban J connectivity index is 1.12. The number of benzene rings is 3. The molecule has 6 rings (SSSR count). The van der Waals surface area contributed by atoms with Crippen molar-refractivity contribution in [1.29, 1.82) is 0 Å². The molecule has 1 saturated heterocycles. The van der Waals surface area contributed by atoms with Gasteiger partial charge in [-0.3, -0.25) is 4.79 Å². The normalized spacial score (nSPS) is 14.8. The number of nitrogens with zero attached hydrogens (tertiary/aromatic N) is 4. The van der Waals surface area contributed by atoms with Crippen LogP contribution < -0.4 is 14.8 Å². The molecule has 1 amide bonds.